The van der Waals surface area contributed by atoms with Crippen LogP contribution in [0.3, 0.4) is 0 Å². The number of carbonyl (C=O) groups is 1. The number of rotatable bonds is 12. The van der Waals surface area contributed by atoms with E-state index in [4.69, 9.17) is 0 Å². The van der Waals surface area contributed by atoms with Gasteiger partial charge in [-0.05, 0) is 37.8 Å². The average molecular weight is 677 g/mol. The Balaban J connectivity index is 1.33. The molecule has 2 aliphatic rings. The van der Waals surface area contributed by atoms with Crippen molar-refractivity contribution in [2.24, 2.45) is 0 Å². The van der Waals surface area contributed by atoms with Gasteiger partial charge in [-0.25, -0.2) is 36.8 Å². The Morgan fingerprint density at radius 1 is 1.09 bits per heavy atom. The zero-order valence-corrected chi connectivity index (χ0v) is 26.0. The smallest absolute Gasteiger partial charge is 0.333 e. The molecule has 4 aromatic heterocycles. The second-order valence-electron chi connectivity index (χ2n) is 11.7. The lowest BCUT2D eigenvalue weighted by Crippen LogP contribution is -2.55. The summed E-state index contributed by atoms with van der Waals surface area (Å²) in [6.45, 7) is -3.62. The Labute approximate surface area is 267 Å². The molecule has 0 atom stereocenters. The van der Waals surface area contributed by atoms with E-state index in [2.05, 4.69) is 35.8 Å². The third kappa shape index (κ3) is 6.91. The van der Waals surface area contributed by atoms with Gasteiger partial charge >= 0.3 is 6.55 Å². The van der Waals surface area contributed by atoms with Gasteiger partial charge in [0.2, 0.25) is 5.91 Å². The summed E-state index contributed by atoms with van der Waals surface area (Å²) in [5, 5.41) is 13.9. The molecule has 13 nitrogen and oxygen atoms in total. The third-order valence-corrected chi connectivity index (χ3v) is 10.2. The van der Waals surface area contributed by atoms with Crippen LogP contribution >= 0.6 is 0 Å². The summed E-state index contributed by atoms with van der Waals surface area (Å²) in [5.74, 6) is 0.243. The second-order valence-corrected chi connectivity index (χ2v) is 13.7. The number of amides is 1. The SMILES string of the molecule is CN(CC(F)F)C(=O)C1(Nc2cc(Nc3ccnc(-c4cnn(S(=O)(=O)C5CC5)c4)n3)ncc2-c2ccn(C(F)F)n2)CCCCC1. The van der Waals surface area contributed by atoms with Crippen LogP contribution in [0.15, 0.2) is 49.2 Å². The molecule has 2 saturated carbocycles. The number of likely N-dealkylation sites (N-methyl/N-ethyl adjacent to an activating group) is 1. The van der Waals surface area contributed by atoms with Crippen LogP contribution < -0.4 is 10.6 Å². The van der Waals surface area contributed by atoms with Crippen LogP contribution in [0.2, 0.25) is 0 Å². The van der Waals surface area contributed by atoms with E-state index in [1.54, 1.807) is 12.1 Å². The first-order valence-corrected chi connectivity index (χ1v) is 16.5. The lowest BCUT2D eigenvalue weighted by atomic mass is 9.80. The van der Waals surface area contributed by atoms with Crippen molar-refractivity contribution >= 4 is 33.3 Å². The van der Waals surface area contributed by atoms with E-state index in [0.717, 1.165) is 21.6 Å². The molecule has 0 radical (unpaired) electrons. The summed E-state index contributed by atoms with van der Waals surface area (Å²) in [4.78, 5) is 27.8. The number of pyridine rings is 1. The van der Waals surface area contributed by atoms with Gasteiger partial charge in [0.1, 0.15) is 17.2 Å². The van der Waals surface area contributed by atoms with E-state index in [0.29, 0.717) is 65.8 Å². The predicted octanol–water partition coefficient (Wildman–Crippen LogP) is 4.92. The molecule has 0 aromatic carbocycles. The highest BCUT2D eigenvalue weighted by atomic mass is 32.2. The number of halogens is 4. The number of anilines is 3. The number of hydrogen-bond acceptors (Lipinski definition) is 10. The first-order chi connectivity index (χ1) is 22.4. The molecule has 4 aromatic rings. The van der Waals surface area contributed by atoms with E-state index >= 15 is 0 Å². The van der Waals surface area contributed by atoms with Crippen molar-refractivity contribution in [2.45, 2.75) is 68.7 Å². The van der Waals surface area contributed by atoms with Crippen LogP contribution in [0.4, 0.5) is 34.9 Å². The fourth-order valence-corrected chi connectivity index (χ4v) is 7.14. The van der Waals surface area contributed by atoms with Crippen LogP contribution in [0.1, 0.15) is 51.5 Å². The van der Waals surface area contributed by atoms with Crippen molar-refractivity contribution in [3.63, 3.8) is 0 Å². The van der Waals surface area contributed by atoms with Crippen molar-refractivity contribution in [3.8, 4) is 22.6 Å². The standard InChI is InChI=1S/C29H32F4N10O3S/c1-41(17-23(30)31)27(44)29(9-3-2-4-10-29)39-22-13-25(35-15-20(22)21-8-12-42(40-21)28(32)33)37-24-7-11-34-26(38-24)18-14-36-43(16-18)47(45,46)19-5-6-19/h7-8,11-16,19,23,28H,2-6,9-10,17H2,1H3,(H2,34,35,37,38,39). The lowest BCUT2D eigenvalue weighted by molar-refractivity contribution is -0.137. The number of carbonyl (C=O) groups excluding carboxylic acids is 1. The highest BCUT2D eigenvalue weighted by Crippen LogP contribution is 2.38. The van der Waals surface area contributed by atoms with Gasteiger partial charge in [0.15, 0.2) is 5.82 Å². The zero-order valence-electron chi connectivity index (χ0n) is 25.2. The average Bonchev–Trinajstić information content (AvgIpc) is 3.58. The monoisotopic (exact) mass is 676 g/mol. The first-order valence-electron chi connectivity index (χ1n) is 15.0. The van der Waals surface area contributed by atoms with Gasteiger partial charge in [-0.1, -0.05) is 19.3 Å². The van der Waals surface area contributed by atoms with Crippen LogP contribution in [0.5, 0.6) is 0 Å². The Bertz CT molecular complexity index is 1860. The van der Waals surface area contributed by atoms with E-state index < -0.39 is 46.2 Å². The molecule has 1 amide bonds. The van der Waals surface area contributed by atoms with Gasteiger partial charge in [-0.15, -0.1) is 0 Å². The predicted molar refractivity (Wildman–Crippen MR) is 164 cm³/mol. The molecule has 6 rings (SSSR count). The van der Waals surface area contributed by atoms with Crippen LogP contribution in [0.25, 0.3) is 22.6 Å². The molecule has 0 spiro atoms. The summed E-state index contributed by atoms with van der Waals surface area (Å²) in [5.41, 5.74) is -0.0539. The molecule has 0 aliphatic heterocycles. The van der Waals surface area contributed by atoms with E-state index in [1.807, 2.05) is 0 Å². The Hall–Kier alpha value is -4.61. The van der Waals surface area contributed by atoms with E-state index in [-0.39, 0.29) is 17.3 Å². The summed E-state index contributed by atoms with van der Waals surface area (Å²) >= 11 is 0. The number of hydrogen-bond donors (Lipinski definition) is 2. The fraction of sp³-hybridized carbons (Fsp3) is 0.448. The van der Waals surface area contributed by atoms with Gasteiger partial charge in [-0.2, -0.15) is 23.1 Å². The largest absolute Gasteiger partial charge is 0.371 e. The topological polar surface area (TPSA) is 153 Å². The Kier molecular flexibility index (Phi) is 8.86. The maximum atomic E-state index is 13.7. The zero-order chi connectivity index (χ0) is 33.3. The maximum Gasteiger partial charge on any atom is 0.333 e. The lowest BCUT2D eigenvalue weighted by Gasteiger charge is -2.40. The molecule has 250 valence electrons. The molecule has 0 unspecified atom stereocenters. The number of aromatic nitrogens is 7. The minimum Gasteiger partial charge on any atom is -0.371 e. The van der Waals surface area contributed by atoms with Gasteiger partial charge in [0.25, 0.3) is 16.4 Å². The van der Waals surface area contributed by atoms with Crippen LogP contribution in [-0.2, 0) is 14.8 Å². The minimum absolute atomic E-state index is 0.161. The van der Waals surface area contributed by atoms with Crippen molar-refractivity contribution < 1.29 is 30.8 Å². The highest BCUT2D eigenvalue weighted by Gasteiger charge is 2.42. The summed E-state index contributed by atoms with van der Waals surface area (Å²) in [7, 11) is -2.25. The molecule has 2 aliphatic carbocycles. The fourth-order valence-electron chi connectivity index (χ4n) is 5.66. The first kappa shape index (κ1) is 32.3. The number of alkyl halides is 4. The van der Waals surface area contributed by atoms with Crippen molar-refractivity contribution in [1.82, 2.24) is 38.8 Å². The van der Waals surface area contributed by atoms with E-state index in [1.165, 1.54) is 37.9 Å². The molecule has 0 saturated heterocycles. The van der Waals surface area contributed by atoms with Crippen LogP contribution in [-0.4, -0.2) is 83.9 Å². The summed E-state index contributed by atoms with van der Waals surface area (Å²) in [6.07, 6.45) is 8.12. The Morgan fingerprint density at radius 2 is 1.85 bits per heavy atom. The molecular formula is C29H32F4N10O3S. The number of nitrogens with one attached hydrogen (secondary N) is 2. The summed E-state index contributed by atoms with van der Waals surface area (Å²) in [6, 6.07) is 4.52. The van der Waals surface area contributed by atoms with Crippen molar-refractivity contribution in [1.29, 1.82) is 0 Å². The highest BCUT2D eigenvalue weighted by molar-refractivity contribution is 7.90. The van der Waals surface area contributed by atoms with Gasteiger partial charge in [0, 0.05) is 43.0 Å². The van der Waals surface area contributed by atoms with Crippen LogP contribution in [0, 0.1) is 0 Å². The van der Waals surface area contributed by atoms with Crippen molar-refractivity contribution in [2.75, 3.05) is 24.2 Å². The summed E-state index contributed by atoms with van der Waals surface area (Å²) < 4.78 is 79.8. The molecule has 4 heterocycles. The molecule has 18 heteroatoms. The third-order valence-electron chi connectivity index (χ3n) is 8.17. The molecule has 47 heavy (non-hydrogen) atoms. The molecular weight excluding hydrogens is 644 g/mol. The van der Waals surface area contributed by atoms with Crippen molar-refractivity contribution in [3.05, 3.63) is 49.2 Å². The minimum atomic E-state index is -3.58. The molecule has 2 N–H and O–H groups in total. The maximum absolute atomic E-state index is 13.7. The van der Waals surface area contributed by atoms with Gasteiger partial charge in [-0.3, -0.25) is 4.79 Å². The molecule has 0 bridgehead atoms. The number of nitrogens with zero attached hydrogens (tertiary/aromatic N) is 8. The van der Waals surface area contributed by atoms with Gasteiger partial charge < -0.3 is 15.5 Å². The van der Waals surface area contributed by atoms with E-state index in [9.17, 15) is 30.8 Å². The Morgan fingerprint density at radius 3 is 2.53 bits per heavy atom. The molecule has 2 fully saturated rings. The quantitative estimate of drug-likeness (QED) is 0.198. The van der Waals surface area contributed by atoms with Gasteiger partial charge in [0.05, 0.1) is 35.4 Å². The normalized spacial score (nSPS) is 16.4. The second kappa shape index (κ2) is 12.9.